The van der Waals surface area contributed by atoms with Gasteiger partial charge in [0.15, 0.2) is 0 Å². The van der Waals surface area contributed by atoms with Crippen LogP contribution in [0.4, 0.5) is 5.69 Å². The van der Waals surface area contributed by atoms with Crippen molar-refractivity contribution in [3.05, 3.63) is 60.3 Å². The van der Waals surface area contributed by atoms with E-state index in [4.69, 9.17) is 0 Å². The first-order valence-electron chi connectivity index (χ1n) is 9.27. The molecule has 0 spiro atoms. The molecule has 1 aliphatic heterocycles. The number of hydrogen-bond donors (Lipinski definition) is 1. The SMILES string of the molecule is Cc1cc(NS(=O)(=O)c2ccc(S(=O)(=O)N3CCCC3)cc2)c2ccccc2n1. The number of nitrogens with zero attached hydrogens (tertiary/aromatic N) is 2. The molecule has 2 heterocycles. The Kier molecular flexibility index (Phi) is 5.05. The van der Waals surface area contributed by atoms with E-state index in [0.717, 1.165) is 12.8 Å². The second-order valence-corrected chi connectivity index (χ2v) is 10.6. The Morgan fingerprint density at radius 3 is 2.21 bits per heavy atom. The maximum Gasteiger partial charge on any atom is 0.261 e. The third kappa shape index (κ3) is 3.85. The van der Waals surface area contributed by atoms with Crippen LogP contribution in [0.5, 0.6) is 0 Å². The number of rotatable bonds is 5. The largest absolute Gasteiger partial charge is 0.279 e. The summed E-state index contributed by atoms with van der Waals surface area (Å²) in [6.45, 7) is 2.79. The summed E-state index contributed by atoms with van der Waals surface area (Å²) in [5.41, 5.74) is 1.81. The Morgan fingerprint density at radius 2 is 1.52 bits per heavy atom. The van der Waals surface area contributed by atoms with E-state index in [1.54, 1.807) is 19.1 Å². The number of aryl methyl sites for hydroxylation is 1. The van der Waals surface area contributed by atoms with Gasteiger partial charge in [-0.05, 0) is 56.2 Å². The van der Waals surface area contributed by atoms with Crippen molar-refractivity contribution in [2.45, 2.75) is 29.6 Å². The van der Waals surface area contributed by atoms with E-state index < -0.39 is 20.0 Å². The van der Waals surface area contributed by atoms with Crippen molar-refractivity contribution in [1.29, 1.82) is 0 Å². The summed E-state index contributed by atoms with van der Waals surface area (Å²) in [5, 5.41) is 0.690. The molecule has 0 radical (unpaired) electrons. The molecule has 0 unspecified atom stereocenters. The third-order valence-electron chi connectivity index (χ3n) is 4.93. The lowest BCUT2D eigenvalue weighted by atomic mass is 10.2. The topological polar surface area (TPSA) is 96.4 Å². The second-order valence-electron chi connectivity index (χ2n) is 7.02. The monoisotopic (exact) mass is 431 g/mol. The molecule has 0 saturated carbocycles. The molecule has 9 heteroatoms. The van der Waals surface area contributed by atoms with Crippen LogP contribution in [0.25, 0.3) is 10.9 Å². The van der Waals surface area contributed by atoms with Crippen LogP contribution < -0.4 is 4.72 Å². The number of benzene rings is 2. The highest BCUT2D eigenvalue weighted by molar-refractivity contribution is 7.92. The van der Waals surface area contributed by atoms with Gasteiger partial charge in [0.1, 0.15) is 0 Å². The van der Waals surface area contributed by atoms with Crippen LogP contribution in [0.15, 0.2) is 64.4 Å². The van der Waals surface area contributed by atoms with Crippen molar-refractivity contribution in [3.8, 4) is 0 Å². The molecule has 3 aromatic rings. The molecule has 1 saturated heterocycles. The van der Waals surface area contributed by atoms with Crippen LogP contribution >= 0.6 is 0 Å². The fourth-order valence-electron chi connectivity index (χ4n) is 3.46. The first-order chi connectivity index (χ1) is 13.8. The van der Waals surface area contributed by atoms with Crippen LogP contribution in [-0.4, -0.2) is 39.2 Å². The van der Waals surface area contributed by atoms with E-state index in [2.05, 4.69) is 9.71 Å². The summed E-state index contributed by atoms with van der Waals surface area (Å²) < 4.78 is 55.0. The Balaban J connectivity index is 1.65. The number of para-hydroxylation sites is 1. The van der Waals surface area contributed by atoms with E-state index >= 15 is 0 Å². The lowest BCUT2D eigenvalue weighted by Crippen LogP contribution is -2.27. The van der Waals surface area contributed by atoms with Gasteiger partial charge in [0.25, 0.3) is 10.0 Å². The first kappa shape index (κ1) is 19.8. The molecule has 4 rings (SSSR count). The average Bonchev–Trinajstić information content (AvgIpc) is 3.23. The van der Waals surface area contributed by atoms with Gasteiger partial charge in [-0.3, -0.25) is 9.71 Å². The number of fused-ring (bicyclic) bond motifs is 1. The molecule has 1 N–H and O–H groups in total. The number of pyridine rings is 1. The number of sulfonamides is 2. The van der Waals surface area contributed by atoms with Gasteiger partial charge in [0.2, 0.25) is 10.0 Å². The normalized spacial score (nSPS) is 15.6. The lowest BCUT2D eigenvalue weighted by Gasteiger charge is -2.16. The maximum absolute atomic E-state index is 12.9. The minimum atomic E-state index is -3.89. The number of aromatic nitrogens is 1. The summed E-state index contributed by atoms with van der Waals surface area (Å²) in [5.74, 6) is 0. The van der Waals surface area contributed by atoms with E-state index in [-0.39, 0.29) is 9.79 Å². The third-order valence-corrected chi connectivity index (χ3v) is 8.22. The van der Waals surface area contributed by atoms with Gasteiger partial charge < -0.3 is 0 Å². The minimum Gasteiger partial charge on any atom is -0.279 e. The molecule has 29 heavy (non-hydrogen) atoms. The van der Waals surface area contributed by atoms with Crippen LogP contribution in [0.3, 0.4) is 0 Å². The van der Waals surface area contributed by atoms with Crippen molar-refractivity contribution in [2.24, 2.45) is 0 Å². The molecule has 7 nitrogen and oxygen atoms in total. The molecule has 1 aromatic heterocycles. The fraction of sp³-hybridized carbons (Fsp3) is 0.250. The van der Waals surface area contributed by atoms with Crippen LogP contribution in [-0.2, 0) is 20.0 Å². The van der Waals surface area contributed by atoms with Gasteiger partial charge >= 0.3 is 0 Å². The van der Waals surface area contributed by atoms with Gasteiger partial charge in [0.05, 0.1) is 21.0 Å². The fourth-order valence-corrected chi connectivity index (χ4v) is 6.05. The van der Waals surface area contributed by atoms with Crippen molar-refractivity contribution in [1.82, 2.24) is 9.29 Å². The number of anilines is 1. The summed E-state index contributed by atoms with van der Waals surface area (Å²) in [7, 11) is -7.47. The molecular weight excluding hydrogens is 410 g/mol. The summed E-state index contributed by atoms with van der Waals surface area (Å²) in [6.07, 6.45) is 1.68. The average molecular weight is 432 g/mol. The molecular formula is C20H21N3O4S2. The molecule has 1 fully saturated rings. The predicted octanol–water partition coefficient (Wildman–Crippen LogP) is 3.13. The van der Waals surface area contributed by atoms with Gasteiger partial charge in [-0.15, -0.1) is 0 Å². The van der Waals surface area contributed by atoms with Gasteiger partial charge in [-0.1, -0.05) is 18.2 Å². The van der Waals surface area contributed by atoms with Crippen LogP contribution in [0, 0.1) is 6.92 Å². The molecule has 0 atom stereocenters. The van der Waals surface area contributed by atoms with E-state index in [1.165, 1.54) is 28.6 Å². The predicted molar refractivity (Wildman–Crippen MR) is 112 cm³/mol. The van der Waals surface area contributed by atoms with E-state index in [1.807, 2.05) is 18.2 Å². The highest BCUT2D eigenvalue weighted by Crippen LogP contribution is 2.27. The quantitative estimate of drug-likeness (QED) is 0.669. The summed E-state index contributed by atoms with van der Waals surface area (Å²) in [4.78, 5) is 4.51. The van der Waals surface area contributed by atoms with Gasteiger partial charge in [0, 0.05) is 24.2 Å². The zero-order valence-corrected chi connectivity index (χ0v) is 17.5. The second kappa shape index (κ2) is 7.40. The zero-order valence-electron chi connectivity index (χ0n) is 15.9. The summed E-state index contributed by atoms with van der Waals surface area (Å²) >= 11 is 0. The highest BCUT2D eigenvalue weighted by Gasteiger charge is 2.27. The van der Waals surface area contributed by atoms with Crippen molar-refractivity contribution in [3.63, 3.8) is 0 Å². The van der Waals surface area contributed by atoms with Crippen LogP contribution in [0.2, 0.25) is 0 Å². The van der Waals surface area contributed by atoms with E-state index in [9.17, 15) is 16.8 Å². The highest BCUT2D eigenvalue weighted by atomic mass is 32.2. The molecule has 2 aromatic carbocycles. The standard InChI is InChI=1S/C20H21N3O4S2/c1-15-14-20(18-6-2-3-7-19(18)21-15)22-28(24,25)16-8-10-17(11-9-16)29(26,27)23-12-4-5-13-23/h2-3,6-11,14H,4-5,12-13H2,1H3,(H,21,22). The lowest BCUT2D eigenvalue weighted by molar-refractivity contribution is 0.477. The Morgan fingerprint density at radius 1 is 0.897 bits per heavy atom. The van der Waals surface area contributed by atoms with Crippen LogP contribution in [0.1, 0.15) is 18.5 Å². The molecule has 152 valence electrons. The Hall–Kier alpha value is -2.49. The van der Waals surface area contributed by atoms with Crippen molar-refractivity contribution >= 4 is 36.6 Å². The smallest absolute Gasteiger partial charge is 0.261 e. The first-order valence-corrected chi connectivity index (χ1v) is 12.2. The summed E-state index contributed by atoms with van der Waals surface area (Å²) in [6, 6.07) is 14.3. The Bertz CT molecular complexity index is 1260. The van der Waals surface area contributed by atoms with Crippen molar-refractivity contribution in [2.75, 3.05) is 17.8 Å². The number of nitrogens with one attached hydrogen (secondary N) is 1. The molecule has 1 aliphatic rings. The van der Waals surface area contributed by atoms with Gasteiger partial charge in [-0.2, -0.15) is 4.31 Å². The number of hydrogen-bond acceptors (Lipinski definition) is 5. The zero-order chi connectivity index (χ0) is 20.6. The van der Waals surface area contributed by atoms with Gasteiger partial charge in [-0.25, -0.2) is 16.8 Å². The van der Waals surface area contributed by atoms with Crippen molar-refractivity contribution < 1.29 is 16.8 Å². The minimum absolute atomic E-state index is 0.00332. The maximum atomic E-state index is 12.9. The molecule has 0 amide bonds. The van der Waals surface area contributed by atoms with E-state index in [0.29, 0.717) is 35.4 Å². The Labute approximate surface area is 170 Å². The molecule has 0 bridgehead atoms. The molecule has 0 aliphatic carbocycles.